The number of carbonyl (C=O) groups excluding carboxylic acids is 1. The fourth-order valence-corrected chi connectivity index (χ4v) is 3.84. The monoisotopic (exact) mass is 399 g/mol. The van der Waals surface area contributed by atoms with Crippen LogP contribution >= 0.6 is 0 Å². The van der Waals surface area contributed by atoms with Gasteiger partial charge in [0.05, 0.1) is 4.90 Å². The number of hydrogen-bond acceptors (Lipinski definition) is 4. The highest BCUT2D eigenvalue weighted by molar-refractivity contribution is 7.89. The minimum Gasteiger partial charge on any atom is -0.322 e. The summed E-state index contributed by atoms with van der Waals surface area (Å²) in [4.78, 5) is 27.2. The molecule has 7 nitrogen and oxygen atoms in total. The summed E-state index contributed by atoms with van der Waals surface area (Å²) in [7, 11) is -0.759. The number of pyridine rings is 1. The Morgan fingerprint density at radius 3 is 2.39 bits per heavy atom. The fraction of sp³-hybridized carbons (Fsp3) is 0.200. The van der Waals surface area contributed by atoms with Gasteiger partial charge >= 0.3 is 0 Å². The Morgan fingerprint density at radius 1 is 1.00 bits per heavy atom. The summed E-state index contributed by atoms with van der Waals surface area (Å²) < 4.78 is 25.8. The summed E-state index contributed by atoms with van der Waals surface area (Å²) >= 11 is 0. The molecule has 0 saturated heterocycles. The van der Waals surface area contributed by atoms with Crippen molar-refractivity contribution in [1.82, 2.24) is 9.29 Å². The molecular formula is C20H21N3O4S. The molecule has 0 aliphatic carbocycles. The third-order valence-corrected chi connectivity index (χ3v) is 6.35. The minimum absolute atomic E-state index is 0.0557. The first-order chi connectivity index (χ1) is 13.1. The average Bonchev–Trinajstić information content (AvgIpc) is 2.62. The van der Waals surface area contributed by atoms with E-state index in [1.165, 1.54) is 32.3 Å². The number of sulfonamides is 1. The van der Waals surface area contributed by atoms with Crippen LogP contribution in [0, 0.1) is 13.8 Å². The van der Waals surface area contributed by atoms with Crippen molar-refractivity contribution in [1.29, 1.82) is 0 Å². The second-order valence-electron chi connectivity index (χ2n) is 6.80. The number of amides is 1. The number of carbonyl (C=O) groups is 1. The first-order valence-electron chi connectivity index (χ1n) is 8.58. The number of anilines is 1. The van der Waals surface area contributed by atoms with E-state index in [4.69, 9.17) is 0 Å². The zero-order valence-electron chi connectivity index (χ0n) is 16.0. The largest absolute Gasteiger partial charge is 0.322 e. The number of fused-ring (bicyclic) bond motifs is 1. The number of nitrogens with one attached hydrogen (secondary N) is 2. The smallest absolute Gasteiger partial charge is 0.255 e. The van der Waals surface area contributed by atoms with Crippen LogP contribution in [0.4, 0.5) is 5.69 Å². The van der Waals surface area contributed by atoms with E-state index in [1.54, 1.807) is 31.2 Å². The van der Waals surface area contributed by atoms with Gasteiger partial charge in [-0.05, 0) is 55.3 Å². The molecular weight excluding hydrogens is 378 g/mol. The number of H-pyrrole nitrogens is 1. The topological polar surface area (TPSA) is 99.3 Å². The highest BCUT2D eigenvalue weighted by Crippen LogP contribution is 2.22. The second kappa shape index (κ2) is 7.21. The molecule has 0 radical (unpaired) electrons. The zero-order valence-corrected chi connectivity index (χ0v) is 16.8. The van der Waals surface area contributed by atoms with Crippen LogP contribution in [-0.4, -0.2) is 37.7 Å². The molecule has 0 aliphatic heterocycles. The van der Waals surface area contributed by atoms with Crippen molar-refractivity contribution in [2.75, 3.05) is 19.4 Å². The molecule has 2 N–H and O–H groups in total. The van der Waals surface area contributed by atoms with Crippen LogP contribution in [0.5, 0.6) is 0 Å². The van der Waals surface area contributed by atoms with Crippen molar-refractivity contribution in [3.63, 3.8) is 0 Å². The molecule has 0 bridgehead atoms. The summed E-state index contributed by atoms with van der Waals surface area (Å²) in [6.45, 7) is 3.57. The number of hydrogen-bond donors (Lipinski definition) is 2. The molecule has 1 aromatic heterocycles. The average molecular weight is 399 g/mol. The minimum atomic E-state index is -3.64. The predicted molar refractivity (Wildman–Crippen MR) is 109 cm³/mol. The normalized spacial score (nSPS) is 11.8. The molecule has 0 aliphatic rings. The molecule has 1 heterocycles. The maximum Gasteiger partial charge on any atom is 0.255 e. The van der Waals surface area contributed by atoms with Crippen LogP contribution in [-0.2, 0) is 10.0 Å². The van der Waals surface area contributed by atoms with E-state index in [9.17, 15) is 18.0 Å². The van der Waals surface area contributed by atoms with Gasteiger partial charge in [-0.1, -0.05) is 6.07 Å². The first kappa shape index (κ1) is 19.8. The van der Waals surface area contributed by atoms with Crippen molar-refractivity contribution in [2.24, 2.45) is 0 Å². The molecule has 0 unspecified atom stereocenters. The lowest BCUT2D eigenvalue weighted by molar-refractivity contribution is 0.102. The van der Waals surface area contributed by atoms with Gasteiger partial charge in [-0.15, -0.1) is 0 Å². The van der Waals surface area contributed by atoms with Gasteiger partial charge in [-0.3, -0.25) is 9.59 Å². The predicted octanol–water partition coefficient (Wildman–Crippen LogP) is 2.65. The lowest BCUT2D eigenvalue weighted by atomic mass is 10.1. The van der Waals surface area contributed by atoms with E-state index in [0.29, 0.717) is 16.8 Å². The zero-order chi connectivity index (χ0) is 20.6. The van der Waals surface area contributed by atoms with Gasteiger partial charge < -0.3 is 10.3 Å². The Labute approximate surface area is 163 Å². The number of aromatic nitrogens is 1. The molecule has 0 fully saturated rings. The van der Waals surface area contributed by atoms with Crippen molar-refractivity contribution < 1.29 is 13.2 Å². The van der Waals surface area contributed by atoms with E-state index < -0.39 is 15.9 Å². The van der Waals surface area contributed by atoms with Crippen LogP contribution in [0.15, 0.2) is 52.2 Å². The van der Waals surface area contributed by atoms with E-state index >= 15 is 0 Å². The summed E-state index contributed by atoms with van der Waals surface area (Å²) in [6, 6.07) is 11.1. The van der Waals surface area contributed by atoms with E-state index in [0.717, 1.165) is 15.3 Å². The number of rotatable bonds is 4. The molecule has 3 rings (SSSR count). The van der Waals surface area contributed by atoms with E-state index in [2.05, 4.69) is 10.3 Å². The van der Waals surface area contributed by atoms with Crippen LogP contribution in [0.2, 0.25) is 0 Å². The summed E-state index contributed by atoms with van der Waals surface area (Å²) in [5.41, 5.74) is 2.78. The molecule has 0 saturated carbocycles. The highest BCUT2D eigenvalue weighted by atomic mass is 32.2. The van der Waals surface area contributed by atoms with Crippen LogP contribution in [0.25, 0.3) is 10.9 Å². The molecule has 3 aromatic rings. The molecule has 0 spiro atoms. The van der Waals surface area contributed by atoms with Crippen molar-refractivity contribution in [3.8, 4) is 0 Å². The Morgan fingerprint density at radius 2 is 1.71 bits per heavy atom. The van der Waals surface area contributed by atoms with Crippen LogP contribution in [0.3, 0.4) is 0 Å². The molecule has 8 heteroatoms. The Bertz CT molecular complexity index is 1240. The van der Waals surface area contributed by atoms with Gasteiger partial charge in [0, 0.05) is 42.3 Å². The van der Waals surface area contributed by atoms with Gasteiger partial charge in [0.15, 0.2) is 0 Å². The number of benzene rings is 2. The fourth-order valence-electron chi connectivity index (χ4n) is 2.92. The SMILES string of the molecule is Cc1ccc(S(=O)(=O)N(C)C)cc1C(=O)Nc1ccc2[nH]c(=O)cc(C)c2c1. The first-order valence-corrected chi connectivity index (χ1v) is 10.0. The maximum absolute atomic E-state index is 12.8. The van der Waals surface area contributed by atoms with Gasteiger partial charge in [0.1, 0.15) is 0 Å². The molecule has 0 atom stereocenters. The van der Waals surface area contributed by atoms with Crippen molar-refractivity contribution >= 4 is 32.5 Å². The van der Waals surface area contributed by atoms with Gasteiger partial charge in [0.25, 0.3) is 5.91 Å². The summed E-state index contributed by atoms with van der Waals surface area (Å²) in [5.74, 6) is -0.408. The molecule has 28 heavy (non-hydrogen) atoms. The maximum atomic E-state index is 12.8. The van der Waals surface area contributed by atoms with Crippen LogP contribution in [0.1, 0.15) is 21.5 Å². The number of aryl methyl sites for hydroxylation is 2. The van der Waals surface area contributed by atoms with Crippen LogP contribution < -0.4 is 10.9 Å². The molecule has 146 valence electrons. The third-order valence-electron chi connectivity index (χ3n) is 4.54. The van der Waals surface area contributed by atoms with E-state index in [1.807, 2.05) is 6.92 Å². The van der Waals surface area contributed by atoms with Gasteiger partial charge in [0.2, 0.25) is 15.6 Å². The highest BCUT2D eigenvalue weighted by Gasteiger charge is 2.20. The standard InChI is InChI=1S/C20H21N3O4S/c1-12-5-7-15(28(26,27)23(3)4)11-17(12)20(25)21-14-6-8-18-16(10-14)13(2)9-19(24)22-18/h5-11H,1-4H3,(H,21,25)(H,22,24). The Kier molecular flexibility index (Phi) is 5.10. The lowest BCUT2D eigenvalue weighted by Crippen LogP contribution is -2.23. The summed E-state index contributed by atoms with van der Waals surface area (Å²) in [6.07, 6.45) is 0. The third kappa shape index (κ3) is 3.69. The molecule has 1 amide bonds. The van der Waals surface area contributed by atoms with Crippen molar-refractivity contribution in [3.05, 3.63) is 69.5 Å². The number of aromatic amines is 1. The lowest BCUT2D eigenvalue weighted by Gasteiger charge is -2.14. The second-order valence-corrected chi connectivity index (χ2v) is 8.95. The van der Waals surface area contributed by atoms with Gasteiger partial charge in [-0.2, -0.15) is 0 Å². The van der Waals surface area contributed by atoms with Crippen molar-refractivity contribution in [2.45, 2.75) is 18.7 Å². The van der Waals surface area contributed by atoms with E-state index in [-0.39, 0.29) is 16.0 Å². The summed E-state index contributed by atoms with van der Waals surface area (Å²) in [5, 5.41) is 3.62. The number of nitrogens with zero attached hydrogens (tertiary/aromatic N) is 1. The Balaban J connectivity index is 1.97. The van der Waals surface area contributed by atoms with Gasteiger partial charge in [-0.25, -0.2) is 12.7 Å². The quantitative estimate of drug-likeness (QED) is 0.704. The Hall–Kier alpha value is -2.97. The molecule has 2 aromatic carbocycles.